The van der Waals surface area contributed by atoms with E-state index in [4.69, 9.17) is 32.1 Å². The molecule has 0 bridgehead atoms. The van der Waals surface area contributed by atoms with Crippen LogP contribution in [0.2, 0.25) is 5.02 Å². The minimum Gasteiger partial charge on any atom is -0.494 e. The molecule has 10 nitrogen and oxygen atoms in total. The van der Waals surface area contributed by atoms with Gasteiger partial charge in [0.25, 0.3) is 6.73 Å². The molecule has 188 valence electrons. The van der Waals surface area contributed by atoms with Crippen LogP contribution in [-0.4, -0.2) is 38.3 Å². The molecule has 1 amide bonds. The van der Waals surface area contributed by atoms with Crippen molar-refractivity contribution in [2.45, 2.75) is 38.8 Å². The highest BCUT2D eigenvalue weighted by Crippen LogP contribution is 2.16. The lowest BCUT2D eigenvalue weighted by Gasteiger charge is -2.08. The molecular weight excluding hydrogens is 470 g/mol. The number of pyridine rings is 1. The van der Waals surface area contributed by atoms with Gasteiger partial charge in [-0.1, -0.05) is 18.0 Å². The van der Waals surface area contributed by atoms with Gasteiger partial charge < -0.3 is 25.8 Å². The number of benzene rings is 1. The number of ether oxygens (including phenoxy) is 2. The highest BCUT2D eigenvalue weighted by atomic mass is 35.5. The summed E-state index contributed by atoms with van der Waals surface area (Å²) in [7, 11) is 0. The summed E-state index contributed by atoms with van der Waals surface area (Å²) in [6.45, 7) is 2.32. The van der Waals surface area contributed by atoms with Gasteiger partial charge in [-0.05, 0) is 56.5 Å². The molecular formula is C24H33ClN7O3+. The highest BCUT2D eigenvalue weighted by Gasteiger charge is 2.07. The average molecular weight is 503 g/mol. The third-order valence-electron chi connectivity index (χ3n) is 4.73. The zero-order valence-corrected chi connectivity index (χ0v) is 20.5. The molecule has 0 atom stereocenters. The molecule has 5 N–H and O–H groups in total. The molecule has 0 aliphatic rings. The van der Waals surface area contributed by atoms with Gasteiger partial charge in [0.2, 0.25) is 5.96 Å². The average Bonchev–Trinajstić information content (AvgIpc) is 2.86. The van der Waals surface area contributed by atoms with E-state index in [1.807, 2.05) is 30.5 Å². The van der Waals surface area contributed by atoms with Gasteiger partial charge in [-0.15, -0.1) is 0 Å². The fourth-order valence-corrected chi connectivity index (χ4v) is 3.01. The number of carbonyl (C=O) groups is 1. The van der Waals surface area contributed by atoms with Crippen LogP contribution < -0.4 is 31.0 Å². The molecule has 0 radical (unpaired) electrons. The molecule has 1 aromatic carbocycles. The van der Waals surface area contributed by atoms with Gasteiger partial charge in [-0.3, -0.25) is 10.3 Å². The molecule has 0 saturated carbocycles. The highest BCUT2D eigenvalue weighted by molar-refractivity contribution is 6.30. The smallest absolute Gasteiger partial charge is 0.411 e. The molecule has 0 spiro atoms. The van der Waals surface area contributed by atoms with Crippen LogP contribution in [0.5, 0.6) is 5.75 Å². The number of nitrogens with one attached hydrogen (secondary N) is 3. The number of halogens is 1. The Bertz CT molecular complexity index is 947. The number of aromatic nitrogens is 1. The van der Waals surface area contributed by atoms with Crippen LogP contribution in [0.1, 0.15) is 32.1 Å². The normalized spacial score (nSPS) is 10.8. The van der Waals surface area contributed by atoms with Gasteiger partial charge in [0.1, 0.15) is 5.75 Å². The van der Waals surface area contributed by atoms with Crippen molar-refractivity contribution in [2.75, 3.05) is 31.6 Å². The molecule has 1 aromatic heterocycles. The van der Waals surface area contributed by atoms with Crippen molar-refractivity contribution in [1.29, 1.82) is 5.26 Å². The van der Waals surface area contributed by atoms with Crippen molar-refractivity contribution in [3.05, 3.63) is 53.8 Å². The van der Waals surface area contributed by atoms with Crippen LogP contribution in [0.4, 0.5) is 10.5 Å². The Balaban J connectivity index is 1.64. The topological polar surface area (TPSA) is 138 Å². The maximum atomic E-state index is 11.6. The van der Waals surface area contributed by atoms with E-state index in [0.717, 1.165) is 37.1 Å². The lowest BCUT2D eigenvalue weighted by atomic mass is 10.2. The Hall–Kier alpha value is -3.55. The maximum absolute atomic E-state index is 11.6. The third-order valence-corrected chi connectivity index (χ3v) is 4.98. The number of rotatable bonds is 14. The number of nitriles is 1. The Morgan fingerprint density at radius 1 is 1.09 bits per heavy atom. The summed E-state index contributed by atoms with van der Waals surface area (Å²) >= 11 is 5.86. The first-order chi connectivity index (χ1) is 17.1. The molecule has 35 heavy (non-hydrogen) atoms. The van der Waals surface area contributed by atoms with E-state index >= 15 is 0 Å². The zero-order valence-electron chi connectivity index (χ0n) is 19.7. The van der Waals surface area contributed by atoms with Crippen molar-refractivity contribution in [2.24, 2.45) is 10.7 Å². The van der Waals surface area contributed by atoms with Gasteiger partial charge in [0, 0.05) is 30.2 Å². The Morgan fingerprint density at radius 3 is 2.54 bits per heavy atom. The van der Waals surface area contributed by atoms with Crippen molar-refractivity contribution in [3.8, 4) is 11.9 Å². The monoisotopic (exact) mass is 502 g/mol. The molecule has 0 fully saturated rings. The number of guanidine groups is 1. The van der Waals surface area contributed by atoms with Gasteiger partial charge in [-0.25, -0.2) is 4.79 Å². The van der Waals surface area contributed by atoms with E-state index in [9.17, 15) is 4.79 Å². The van der Waals surface area contributed by atoms with Crippen molar-refractivity contribution in [3.63, 3.8) is 0 Å². The quantitative estimate of drug-likeness (QED) is 0.0777. The van der Waals surface area contributed by atoms with Gasteiger partial charge in [0.15, 0.2) is 18.6 Å². The van der Waals surface area contributed by atoms with Crippen molar-refractivity contribution >= 4 is 29.3 Å². The van der Waals surface area contributed by atoms with E-state index in [-0.39, 0.29) is 6.73 Å². The van der Waals surface area contributed by atoms with E-state index in [2.05, 4.69) is 20.9 Å². The second-order valence-corrected chi connectivity index (χ2v) is 7.98. The second kappa shape index (κ2) is 17.0. The number of carbonyl (C=O) groups excluding carboxylic acids is 1. The molecule has 0 aliphatic heterocycles. The van der Waals surface area contributed by atoms with E-state index in [0.29, 0.717) is 43.6 Å². The van der Waals surface area contributed by atoms with Crippen LogP contribution in [-0.2, 0) is 11.5 Å². The molecule has 2 aromatic rings. The fourth-order valence-electron chi connectivity index (χ4n) is 2.88. The molecule has 11 heteroatoms. The Morgan fingerprint density at radius 2 is 1.83 bits per heavy atom. The number of aliphatic imine (C=N–C) groups is 1. The molecule has 0 unspecified atom stereocenters. The number of nitrogens with zero attached hydrogens (tertiary/aromatic N) is 3. The summed E-state index contributed by atoms with van der Waals surface area (Å²) in [5, 5.41) is 18.0. The largest absolute Gasteiger partial charge is 0.494 e. The molecule has 2 rings (SSSR count). The maximum Gasteiger partial charge on any atom is 0.411 e. The summed E-state index contributed by atoms with van der Waals surface area (Å²) in [5.41, 5.74) is 6.13. The van der Waals surface area contributed by atoms with Crippen LogP contribution >= 0.6 is 11.6 Å². The first-order valence-electron chi connectivity index (χ1n) is 11.6. The summed E-state index contributed by atoms with van der Waals surface area (Å²) in [6.07, 6.45) is 9.51. The first kappa shape index (κ1) is 27.7. The fraction of sp³-hybridized carbons (Fsp3) is 0.417. The number of anilines is 1. The Labute approximate surface area is 211 Å². The number of hydrogen-bond acceptors (Lipinski definition) is 6. The molecule has 1 heterocycles. The minimum absolute atomic E-state index is 0.0802. The van der Waals surface area contributed by atoms with Crippen molar-refractivity contribution < 1.29 is 18.8 Å². The molecule has 0 aliphatic carbocycles. The molecule has 0 saturated heterocycles. The summed E-state index contributed by atoms with van der Waals surface area (Å²) < 4.78 is 12.5. The Kier molecular flexibility index (Phi) is 13.4. The lowest BCUT2D eigenvalue weighted by molar-refractivity contribution is -0.727. The van der Waals surface area contributed by atoms with Crippen LogP contribution in [0.3, 0.4) is 0 Å². The van der Waals surface area contributed by atoms with E-state index in [1.54, 1.807) is 29.1 Å². The van der Waals surface area contributed by atoms with Crippen molar-refractivity contribution in [1.82, 2.24) is 10.6 Å². The number of amides is 1. The first-order valence-corrected chi connectivity index (χ1v) is 11.9. The standard InChI is InChI=1S/C24H32ClN7O3/c25-20-6-8-22(9-7-20)34-17-4-2-1-3-13-28-23(30-18-27)31-21-10-15-32(16-11-21)19-35-24(33)29-14-5-12-26/h6-11,15-16H,1-5,12-14,17,19,26H2,(H2,28,29,30,33)/p+1. The van der Waals surface area contributed by atoms with Crippen LogP contribution in [0.25, 0.3) is 0 Å². The lowest BCUT2D eigenvalue weighted by Crippen LogP contribution is -2.38. The SMILES string of the molecule is N#CNC(=NCCCCCCOc1ccc(Cl)cc1)Nc1cc[n+](COC(=O)NCCCN)cc1. The second-order valence-electron chi connectivity index (χ2n) is 7.54. The zero-order chi connectivity index (χ0) is 25.1. The predicted molar refractivity (Wildman–Crippen MR) is 135 cm³/mol. The minimum atomic E-state index is -0.491. The van der Waals surface area contributed by atoms with E-state index in [1.165, 1.54) is 0 Å². The van der Waals surface area contributed by atoms with Gasteiger partial charge >= 0.3 is 6.09 Å². The number of unbranched alkanes of at least 4 members (excludes halogenated alkanes) is 3. The number of hydrogen-bond donors (Lipinski definition) is 4. The van der Waals surface area contributed by atoms with Gasteiger partial charge in [0.05, 0.1) is 12.3 Å². The number of alkyl carbamates (subject to hydrolysis) is 1. The summed E-state index contributed by atoms with van der Waals surface area (Å²) in [4.78, 5) is 16.0. The number of nitrogens with two attached hydrogens (primary N) is 1. The third kappa shape index (κ3) is 12.5. The van der Waals surface area contributed by atoms with Crippen LogP contribution in [0.15, 0.2) is 53.8 Å². The summed E-state index contributed by atoms with van der Waals surface area (Å²) in [6, 6.07) is 10.9. The van der Waals surface area contributed by atoms with E-state index < -0.39 is 6.09 Å². The van der Waals surface area contributed by atoms with Crippen LogP contribution in [0, 0.1) is 11.5 Å². The van der Waals surface area contributed by atoms with Gasteiger partial charge in [-0.2, -0.15) is 9.83 Å². The summed E-state index contributed by atoms with van der Waals surface area (Å²) in [5.74, 6) is 1.20. The predicted octanol–water partition coefficient (Wildman–Crippen LogP) is 3.14.